The number of hydrogen-bond donors (Lipinski definition) is 2. The summed E-state index contributed by atoms with van der Waals surface area (Å²) in [7, 11) is 2.03. The highest BCUT2D eigenvalue weighted by atomic mass is 16.1. The van der Waals surface area contributed by atoms with Crippen LogP contribution in [0.15, 0.2) is 24.3 Å². The van der Waals surface area contributed by atoms with Crippen molar-refractivity contribution in [1.82, 2.24) is 15.5 Å². The van der Waals surface area contributed by atoms with Crippen LogP contribution in [0.25, 0.3) is 0 Å². The summed E-state index contributed by atoms with van der Waals surface area (Å²) in [6.07, 6.45) is 1.19. The number of carbonyl (C=O) groups excluding carboxylic acids is 2. The van der Waals surface area contributed by atoms with Crippen LogP contribution in [-0.4, -0.2) is 48.3 Å². The summed E-state index contributed by atoms with van der Waals surface area (Å²) in [6.45, 7) is 13.5. The van der Waals surface area contributed by atoms with Crippen molar-refractivity contribution >= 4 is 11.7 Å². The summed E-state index contributed by atoms with van der Waals surface area (Å²) >= 11 is 0. The molecular formula is C23H39N3O2. The third-order valence-corrected chi connectivity index (χ3v) is 4.97. The molecule has 0 heterocycles. The molecule has 1 amide bonds. The molecule has 1 aromatic carbocycles. The van der Waals surface area contributed by atoms with Crippen LogP contribution in [0.4, 0.5) is 0 Å². The van der Waals surface area contributed by atoms with Gasteiger partial charge in [0.1, 0.15) is 0 Å². The summed E-state index contributed by atoms with van der Waals surface area (Å²) in [5.41, 5.74) is 2.19. The predicted molar refractivity (Wildman–Crippen MR) is 116 cm³/mol. The number of ketones is 1. The lowest BCUT2D eigenvalue weighted by Crippen LogP contribution is -2.44. The first-order chi connectivity index (χ1) is 13.1. The molecule has 0 aliphatic rings. The van der Waals surface area contributed by atoms with Gasteiger partial charge in [-0.25, -0.2) is 0 Å². The number of amides is 1. The number of hydrogen-bond acceptors (Lipinski definition) is 4. The van der Waals surface area contributed by atoms with E-state index in [0.29, 0.717) is 25.4 Å². The minimum Gasteiger partial charge on any atom is -0.352 e. The molecular weight excluding hydrogens is 350 g/mol. The predicted octanol–water partition coefficient (Wildman–Crippen LogP) is 3.17. The molecule has 0 spiro atoms. The fourth-order valence-corrected chi connectivity index (χ4v) is 2.90. The number of carbonyl (C=O) groups is 2. The number of nitrogens with zero attached hydrogens (tertiary/aromatic N) is 1. The van der Waals surface area contributed by atoms with Gasteiger partial charge < -0.3 is 15.5 Å². The zero-order chi connectivity index (χ0) is 21.3. The Morgan fingerprint density at radius 3 is 2.04 bits per heavy atom. The number of benzene rings is 1. The van der Waals surface area contributed by atoms with Crippen LogP contribution in [0.5, 0.6) is 0 Å². The van der Waals surface area contributed by atoms with Gasteiger partial charge in [-0.2, -0.15) is 0 Å². The molecule has 0 unspecified atom stereocenters. The third-order valence-electron chi connectivity index (χ3n) is 4.97. The van der Waals surface area contributed by atoms with Gasteiger partial charge in [-0.3, -0.25) is 9.59 Å². The van der Waals surface area contributed by atoms with Crippen LogP contribution >= 0.6 is 0 Å². The Morgan fingerprint density at radius 1 is 0.964 bits per heavy atom. The Balaban J connectivity index is 2.55. The molecule has 0 fully saturated rings. The fraction of sp³-hybridized carbons (Fsp3) is 0.652. The second-order valence-electron chi connectivity index (χ2n) is 8.55. The third kappa shape index (κ3) is 8.98. The van der Waals surface area contributed by atoms with Gasteiger partial charge in [-0.05, 0) is 38.4 Å². The van der Waals surface area contributed by atoms with Gasteiger partial charge in [-0.15, -0.1) is 0 Å². The molecule has 1 rings (SSSR count). The van der Waals surface area contributed by atoms with Gasteiger partial charge >= 0.3 is 0 Å². The monoisotopic (exact) mass is 389 g/mol. The van der Waals surface area contributed by atoms with Crippen molar-refractivity contribution in [2.75, 3.05) is 13.6 Å². The van der Waals surface area contributed by atoms with Gasteiger partial charge in [0.15, 0.2) is 5.78 Å². The van der Waals surface area contributed by atoms with Gasteiger partial charge in [0.25, 0.3) is 0 Å². The normalized spacial score (nSPS) is 12.8. The Morgan fingerprint density at radius 2 is 1.54 bits per heavy atom. The van der Waals surface area contributed by atoms with E-state index >= 15 is 0 Å². The Kier molecular flexibility index (Phi) is 10.4. The van der Waals surface area contributed by atoms with E-state index < -0.39 is 0 Å². The highest BCUT2D eigenvalue weighted by Gasteiger charge is 2.22. The van der Waals surface area contributed by atoms with Crippen LogP contribution < -0.4 is 10.6 Å². The lowest BCUT2D eigenvalue weighted by atomic mass is 9.95. The fourth-order valence-electron chi connectivity index (χ4n) is 2.90. The molecule has 0 saturated heterocycles. The number of Topliss-reactive ketones (excluding diaryl/α,β-unsaturated/α-hetero) is 1. The van der Waals surface area contributed by atoms with Crippen molar-refractivity contribution in [3.8, 4) is 0 Å². The summed E-state index contributed by atoms with van der Waals surface area (Å²) in [4.78, 5) is 26.6. The molecule has 1 aromatic rings. The zero-order valence-electron chi connectivity index (χ0n) is 18.7. The first kappa shape index (κ1) is 24.3. The lowest BCUT2D eigenvalue weighted by molar-refractivity contribution is -0.124. The lowest BCUT2D eigenvalue weighted by Gasteiger charge is -2.22. The van der Waals surface area contributed by atoms with Crippen LogP contribution in [0, 0.1) is 5.92 Å². The van der Waals surface area contributed by atoms with E-state index in [1.165, 1.54) is 0 Å². The van der Waals surface area contributed by atoms with E-state index in [9.17, 15) is 9.59 Å². The van der Waals surface area contributed by atoms with E-state index in [-0.39, 0.29) is 29.7 Å². The van der Waals surface area contributed by atoms with E-state index in [2.05, 4.69) is 55.4 Å². The molecule has 0 bridgehead atoms. The molecule has 0 saturated carbocycles. The first-order valence-corrected chi connectivity index (χ1v) is 10.4. The Labute approximate surface area is 171 Å². The second kappa shape index (κ2) is 12.0. The Hall–Kier alpha value is -1.72. The van der Waals surface area contributed by atoms with Crippen LogP contribution in [0.1, 0.15) is 59.1 Å². The van der Waals surface area contributed by atoms with Gasteiger partial charge in [-0.1, -0.05) is 52.0 Å². The van der Waals surface area contributed by atoms with E-state index in [4.69, 9.17) is 0 Å². The first-order valence-electron chi connectivity index (χ1n) is 10.4. The molecule has 28 heavy (non-hydrogen) atoms. The topological polar surface area (TPSA) is 61.4 Å². The molecule has 1 atom stereocenters. The molecule has 5 heteroatoms. The maximum Gasteiger partial charge on any atom is 0.221 e. The molecule has 0 aliphatic carbocycles. The van der Waals surface area contributed by atoms with Crippen LogP contribution in [0.3, 0.4) is 0 Å². The van der Waals surface area contributed by atoms with Crippen molar-refractivity contribution in [3.05, 3.63) is 35.4 Å². The average molecular weight is 390 g/mol. The highest BCUT2D eigenvalue weighted by molar-refractivity contribution is 5.86. The number of nitrogens with one attached hydrogen (secondary N) is 2. The molecule has 5 nitrogen and oxygen atoms in total. The minimum atomic E-state index is -0.163. The zero-order valence-corrected chi connectivity index (χ0v) is 18.7. The smallest absolute Gasteiger partial charge is 0.221 e. The maximum absolute atomic E-state index is 12.5. The van der Waals surface area contributed by atoms with E-state index in [0.717, 1.165) is 17.7 Å². The SMILES string of the molecule is CC(C)N[C@@H](Cc1ccc(CNC(=O)CCN(C)C(C)C)cc1)C(=O)C(C)C. The Bertz CT molecular complexity index is 609. The van der Waals surface area contributed by atoms with E-state index in [1.807, 2.05) is 33.0 Å². The van der Waals surface area contributed by atoms with Crippen molar-refractivity contribution in [2.24, 2.45) is 5.92 Å². The number of rotatable bonds is 12. The summed E-state index contributed by atoms with van der Waals surface area (Å²) in [6, 6.07) is 8.70. The highest BCUT2D eigenvalue weighted by Crippen LogP contribution is 2.11. The molecule has 158 valence electrons. The summed E-state index contributed by atoms with van der Waals surface area (Å²) in [5, 5.41) is 6.37. The van der Waals surface area contributed by atoms with Crippen molar-refractivity contribution in [2.45, 2.75) is 79.1 Å². The van der Waals surface area contributed by atoms with Crippen LogP contribution in [-0.2, 0) is 22.6 Å². The van der Waals surface area contributed by atoms with Crippen molar-refractivity contribution < 1.29 is 9.59 Å². The maximum atomic E-state index is 12.5. The molecule has 0 aliphatic heterocycles. The minimum absolute atomic E-state index is 0.0143. The summed E-state index contributed by atoms with van der Waals surface area (Å²) < 4.78 is 0. The van der Waals surface area contributed by atoms with E-state index in [1.54, 1.807) is 0 Å². The van der Waals surface area contributed by atoms with Crippen molar-refractivity contribution in [3.63, 3.8) is 0 Å². The summed E-state index contributed by atoms with van der Waals surface area (Å²) in [5.74, 6) is 0.331. The molecule has 2 N–H and O–H groups in total. The van der Waals surface area contributed by atoms with Gasteiger partial charge in [0.2, 0.25) is 5.91 Å². The average Bonchev–Trinajstić information content (AvgIpc) is 2.63. The quantitative estimate of drug-likeness (QED) is 0.576. The van der Waals surface area contributed by atoms with Gasteiger partial charge in [0, 0.05) is 37.5 Å². The standard InChI is InChI=1S/C23H39N3O2/c1-16(2)23(28)21(25-17(3)4)14-19-8-10-20(11-9-19)15-24-22(27)12-13-26(7)18(5)6/h8-11,16-18,21,25H,12-15H2,1-7H3,(H,24,27)/t21-/m0/s1. The van der Waals surface area contributed by atoms with Crippen molar-refractivity contribution in [1.29, 1.82) is 0 Å². The molecule has 0 radical (unpaired) electrons. The largest absolute Gasteiger partial charge is 0.352 e. The van der Waals surface area contributed by atoms with Crippen LogP contribution in [0.2, 0.25) is 0 Å². The molecule has 0 aromatic heterocycles. The second-order valence-corrected chi connectivity index (χ2v) is 8.55. The van der Waals surface area contributed by atoms with Gasteiger partial charge in [0.05, 0.1) is 6.04 Å².